The Morgan fingerprint density at radius 2 is 1.89 bits per heavy atom. The van der Waals surface area contributed by atoms with Crippen LogP contribution in [0.4, 0.5) is 5.69 Å². The minimum Gasteiger partial charge on any atom is -0.388 e. The van der Waals surface area contributed by atoms with Crippen LogP contribution in [0.3, 0.4) is 0 Å². The van der Waals surface area contributed by atoms with Gasteiger partial charge < -0.3 is 10.2 Å². The lowest BCUT2D eigenvalue weighted by Crippen LogP contribution is -2.41. The highest BCUT2D eigenvalue weighted by atomic mass is 16.2. The van der Waals surface area contributed by atoms with Crippen LogP contribution in [0.25, 0.3) is 11.8 Å². The zero-order valence-electron chi connectivity index (χ0n) is 22.9. The summed E-state index contributed by atoms with van der Waals surface area (Å²) < 4.78 is 1.71. The van der Waals surface area contributed by atoms with E-state index in [0.717, 1.165) is 54.1 Å². The number of benzene rings is 1. The molecule has 1 aromatic carbocycles. The summed E-state index contributed by atoms with van der Waals surface area (Å²) in [6.07, 6.45) is 8.07. The van der Waals surface area contributed by atoms with Crippen molar-refractivity contribution in [2.24, 2.45) is 0 Å². The summed E-state index contributed by atoms with van der Waals surface area (Å²) in [4.78, 5) is 33.9. The maximum atomic E-state index is 12.8. The number of nitrogens with zero attached hydrogens (tertiary/aromatic N) is 4. The quantitative estimate of drug-likeness (QED) is 0.518. The molecule has 0 spiro atoms. The predicted molar refractivity (Wildman–Crippen MR) is 153 cm³/mol. The second-order valence-corrected chi connectivity index (χ2v) is 10.8. The number of hydrogen-bond donors (Lipinski definition) is 1. The summed E-state index contributed by atoms with van der Waals surface area (Å²) in [5.74, 6) is 0.749. The molecule has 0 saturated carbocycles. The van der Waals surface area contributed by atoms with Crippen molar-refractivity contribution < 1.29 is 4.79 Å². The smallest absolute Gasteiger partial charge is 0.257 e. The molecule has 7 heteroatoms. The molecule has 1 aliphatic carbocycles. The Kier molecular flexibility index (Phi) is 7.21. The molecular formula is C31H37N5O2. The number of nitrogens with one attached hydrogen (secondary N) is 1. The fourth-order valence-electron chi connectivity index (χ4n) is 5.83. The predicted octanol–water partition coefficient (Wildman–Crippen LogP) is 4.74. The molecule has 2 aromatic heterocycles. The maximum Gasteiger partial charge on any atom is 0.257 e. The second kappa shape index (κ2) is 10.6. The molecular weight excluding hydrogens is 474 g/mol. The third-order valence-electron chi connectivity index (χ3n) is 8.20. The molecule has 3 atom stereocenters. The van der Waals surface area contributed by atoms with Crippen LogP contribution >= 0.6 is 0 Å². The molecule has 1 amide bonds. The van der Waals surface area contributed by atoms with E-state index in [-0.39, 0.29) is 17.4 Å². The lowest BCUT2D eigenvalue weighted by Gasteiger charge is -2.38. The Morgan fingerprint density at radius 3 is 2.55 bits per heavy atom. The molecule has 7 nitrogen and oxygen atoms in total. The van der Waals surface area contributed by atoms with E-state index in [0.29, 0.717) is 12.0 Å². The Labute approximate surface area is 224 Å². The summed E-state index contributed by atoms with van der Waals surface area (Å²) in [6, 6.07) is 14.1. The number of fused-ring (bicyclic) bond motifs is 1. The third kappa shape index (κ3) is 4.90. The largest absolute Gasteiger partial charge is 0.388 e. The number of piperidine rings is 1. The zero-order chi connectivity index (χ0) is 27.0. The van der Waals surface area contributed by atoms with Crippen LogP contribution in [0.5, 0.6) is 0 Å². The molecule has 0 bridgehead atoms. The van der Waals surface area contributed by atoms with Gasteiger partial charge >= 0.3 is 0 Å². The van der Waals surface area contributed by atoms with Crippen molar-refractivity contribution in [3.05, 3.63) is 93.2 Å². The van der Waals surface area contributed by atoms with E-state index in [1.807, 2.05) is 43.7 Å². The van der Waals surface area contributed by atoms with Gasteiger partial charge in [-0.1, -0.05) is 19.1 Å². The van der Waals surface area contributed by atoms with E-state index in [1.165, 1.54) is 11.1 Å². The maximum absolute atomic E-state index is 12.8. The van der Waals surface area contributed by atoms with Crippen molar-refractivity contribution >= 4 is 17.7 Å². The molecule has 3 aromatic rings. The molecule has 1 fully saturated rings. The minimum atomic E-state index is -0.0606. The fourth-order valence-corrected chi connectivity index (χ4v) is 5.83. The molecule has 1 N–H and O–H groups in total. The van der Waals surface area contributed by atoms with Gasteiger partial charge in [0.15, 0.2) is 0 Å². The van der Waals surface area contributed by atoms with E-state index in [4.69, 9.17) is 4.98 Å². The average molecular weight is 512 g/mol. The number of aromatic nitrogens is 2. The summed E-state index contributed by atoms with van der Waals surface area (Å²) in [6.45, 7) is 6.45. The first-order chi connectivity index (χ1) is 18.3. The highest BCUT2D eigenvalue weighted by Crippen LogP contribution is 2.39. The normalized spacial score (nSPS) is 21.1. The van der Waals surface area contributed by atoms with Gasteiger partial charge in [-0.05, 0) is 73.7 Å². The molecule has 1 saturated heterocycles. The topological polar surface area (TPSA) is 70.5 Å². The van der Waals surface area contributed by atoms with Gasteiger partial charge in [0.25, 0.3) is 11.5 Å². The van der Waals surface area contributed by atoms with E-state index < -0.39 is 0 Å². The lowest BCUT2D eigenvalue weighted by atomic mass is 9.85. The van der Waals surface area contributed by atoms with E-state index in [9.17, 15) is 9.59 Å². The monoisotopic (exact) mass is 511 g/mol. The lowest BCUT2D eigenvalue weighted by molar-refractivity contribution is 0.0827. The molecule has 38 heavy (non-hydrogen) atoms. The summed E-state index contributed by atoms with van der Waals surface area (Å²) in [5, 5.41) is 3.03. The van der Waals surface area contributed by atoms with E-state index in [1.54, 1.807) is 29.6 Å². The van der Waals surface area contributed by atoms with Crippen LogP contribution in [0.2, 0.25) is 0 Å². The number of anilines is 1. The number of pyridine rings is 2. The molecule has 2 aliphatic rings. The van der Waals surface area contributed by atoms with Crippen molar-refractivity contribution in [3.63, 3.8) is 0 Å². The summed E-state index contributed by atoms with van der Waals surface area (Å²) >= 11 is 0. The van der Waals surface area contributed by atoms with Gasteiger partial charge in [0.05, 0.1) is 11.4 Å². The van der Waals surface area contributed by atoms with Crippen molar-refractivity contribution in [2.75, 3.05) is 39.5 Å². The first kappa shape index (κ1) is 25.9. The van der Waals surface area contributed by atoms with Gasteiger partial charge in [0, 0.05) is 74.9 Å². The van der Waals surface area contributed by atoms with E-state index >= 15 is 0 Å². The Hall–Kier alpha value is -3.71. The van der Waals surface area contributed by atoms with Crippen LogP contribution in [-0.2, 0) is 0 Å². The third-order valence-corrected chi connectivity index (χ3v) is 8.20. The van der Waals surface area contributed by atoms with Gasteiger partial charge in [-0.2, -0.15) is 0 Å². The first-order valence-corrected chi connectivity index (χ1v) is 13.4. The second-order valence-electron chi connectivity index (χ2n) is 10.8. The van der Waals surface area contributed by atoms with Crippen molar-refractivity contribution in [1.82, 2.24) is 19.4 Å². The molecule has 198 valence electrons. The standard InChI is InChI=1S/C31H37N5O2/c1-20-16-24(22-6-8-23(9-7-22)31(38)34(4)5)11-14-35(20)19-25-17-27-28(10-13-33-30(27)21(25)2)36-15-12-26(32-3)18-29(36)37/h6-10,12-13,15,17-18,20-21,24,32H,11,14,16,19H2,1-5H3/t20-,21?,24?/m1/s1. The molecule has 3 heterocycles. The van der Waals surface area contributed by atoms with Gasteiger partial charge in [0.2, 0.25) is 0 Å². The SMILES string of the molecule is CNc1ccn(-c2ccnc3c2C=C(CN2CCC(c4ccc(C(=O)N(C)C)cc4)C[C@H]2C)C3C)c(=O)c1. The number of likely N-dealkylation sites (tertiary alicyclic amines) is 1. The van der Waals surface area contributed by atoms with Crippen LogP contribution in [0.1, 0.15) is 65.7 Å². The molecule has 5 rings (SSSR count). The van der Waals surface area contributed by atoms with Crippen molar-refractivity contribution in [1.29, 1.82) is 0 Å². The Balaban J connectivity index is 1.30. The highest BCUT2D eigenvalue weighted by molar-refractivity contribution is 5.93. The summed E-state index contributed by atoms with van der Waals surface area (Å²) in [5.41, 5.74) is 7.10. The van der Waals surface area contributed by atoms with Crippen LogP contribution < -0.4 is 10.9 Å². The number of rotatable bonds is 6. The van der Waals surface area contributed by atoms with Gasteiger partial charge in [-0.3, -0.25) is 24.0 Å². The molecule has 1 aliphatic heterocycles. The van der Waals surface area contributed by atoms with Gasteiger partial charge in [-0.15, -0.1) is 0 Å². The number of carbonyl (C=O) groups is 1. The van der Waals surface area contributed by atoms with Gasteiger partial charge in [0.1, 0.15) is 0 Å². The Morgan fingerprint density at radius 1 is 1.13 bits per heavy atom. The molecule has 0 radical (unpaired) electrons. The number of carbonyl (C=O) groups excluding carboxylic acids is 1. The minimum absolute atomic E-state index is 0.0391. The molecule has 2 unspecified atom stereocenters. The summed E-state index contributed by atoms with van der Waals surface area (Å²) in [7, 11) is 5.38. The fraction of sp³-hybridized carbons (Fsp3) is 0.387. The first-order valence-electron chi connectivity index (χ1n) is 13.4. The van der Waals surface area contributed by atoms with Crippen LogP contribution in [0.15, 0.2) is 65.2 Å². The zero-order valence-corrected chi connectivity index (χ0v) is 22.9. The Bertz CT molecular complexity index is 1420. The average Bonchev–Trinajstić information content (AvgIpc) is 3.24. The van der Waals surface area contributed by atoms with Gasteiger partial charge in [-0.25, -0.2) is 0 Å². The van der Waals surface area contributed by atoms with Crippen LogP contribution in [0, 0.1) is 0 Å². The van der Waals surface area contributed by atoms with Crippen molar-refractivity contribution in [2.45, 2.75) is 44.6 Å². The highest BCUT2D eigenvalue weighted by Gasteiger charge is 2.31. The number of amides is 1. The van der Waals surface area contributed by atoms with Crippen LogP contribution in [-0.4, -0.2) is 65.5 Å². The van der Waals surface area contributed by atoms with Crippen molar-refractivity contribution in [3.8, 4) is 5.69 Å². The number of hydrogen-bond acceptors (Lipinski definition) is 5. The van der Waals surface area contributed by atoms with E-state index in [2.05, 4.69) is 42.3 Å².